The van der Waals surface area contributed by atoms with Gasteiger partial charge in [-0.15, -0.1) is 0 Å². The van der Waals surface area contributed by atoms with E-state index in [0.717, 1.165) is 0 Å². The van der Waals surface area contributed by atoms with Crippen molar-refractivity contribution in [2.75, 3.05) is 0 Å². The normalized spacial score (nSPS) is 13.5. The molecule has 47 heavy (non-hydrogen) atoms. The summed E-state index contributed by atoms with van der Waals surface area (Å²) in [4.78, 5) is 0. The third kappa shape index (κ3) is 3.76. The van der Waals surface area contributed by atoms with Crippen molar-refractivity contribution < 1.29 is 0 Å². The zero-order valence-electron chi connectivity index (χ0n) is 26.5. The Morgan fingerprint density at radius 1 is 0.319 bits per heavy atom. The van der Waals surface area contributed by atoms with Crippen molar-refractivity contribution in [2.24, 2.45) is 0 Å². The molecule has 0 aromatic heterocycles. The molecular weight excluding hydrogens is 565 g/mol. The van der Waals surface area contributed by atoms with E-state index in [1.165, 1.54) is 98.4 Å². The van der Waals surface area contributed by atoms with E-state index in [-0.39, 0.29) is 5.41 Å². The fourth-order valence-electron chi connectivity index (χ4n) is 8.49. The maximum absolute atomic E-state index is 2.49. The summed E-state index contributed by atoms with van der Waals surface area (Å²) >= 11 is 0. The first-order valence-electron chi connectivity index (χ1n) is 16.6. The Hall–Kier alpha value is -5.72. The average molecular weight is 597 g/mol. The topological polar surface area (TPSA) is 0 Å². The average Bonchev–Trinajstić information content (AvgIpc) is 3.33. The Bertz CT molecular complexity index is 2750. The van der Waals surface area contributed by atoms with Gasteiger partial charge >= 0.3 is 0 Å². The monoisotopic (exact) mass is 596 g/mol. The van der Waals surface area contributed by atoms with E-state index in [9.17, 15) is 0 Å². The summed E-state index contributed by atoms with van der Waals surface area (Å²) in [5.74, 6) is 0. The van der Waals surface area contributed by atoms with E-state index < -0.39 is 0 Å². The second kappa shape index (κ2) is 9.64. The lowest BCUT2D eigenvalue weighted by molar-refractivity contribution is 0.661. The highest BCUT2D eigenvalue weighted by Crippen LogP contribution is 2.52. The molecule has 10 rings (SSSR count). The van der Waals surface area contributed by atoms with Crippen LogP contribution < -0.4 is 0 Å². The van der Waals surface area contributed by atoms with Gasteiger partial charge in [0.05, 0.1) is 0 Å². The van der Waals surface area contributed by atoms with Crippen LogP contribution in [0.3, 0.4) is 0 Å². The maximum Gasteiger partial charge on any atom is 0.0159 e. The molecule has 0 heterocycles. The van der Waals surface area contributed by atoms with E-state index >= 15 is 0 Å². The molecule has 0 saturated carbocycles. The molecule has 0 bridgehead atoms. The van der Waals surface area contributed by atoms with E-state index in [1.54, 1.807) is 0 Å². The first-order valence-corrected chi connectivity index (χ1v) is 16.6. The van der Waals surface area contributed by atoms with E-state index in [4.69, 9.17) is 0 Å². The number of rotatable bonds is 2. The lowest BCUT2D eigenvalue weighted by atomic mass is 9.80. The van der Waals surface area contributed by atoms with Gasteiger partial charge in [-0.1, -0.05) is 147 Å². The third-order valence-electron chi connectivity index (χ3n) is 10.8. The molecule has 0 nitrogen and oxygen atoms in total. The Labute approximate surface area is 274 Å². The number of fused-ring (bicyclic) bond motifs is 9. The summed E-state index contributed by atoms with van der Waals surface area (Å²) < 4.78 is 0. The highest BCUT2D eigenvalue weighted by Gasteiger charge is 2.36. The van der Waals surface area contributed by atoms with Crippen molar-refractivity contribution in [3.8, 4) is 33.4 Å². The fourth-order valence-corrected chi connectivity index (χ4v) is 8.49. The minimum absolute atomic E-state index is 0.145. The van der Waals surface area contributed by atoms with Crippen molar-refractivity contribution in [3.63, 3.8) is 0 Å². The molecule has 0 amide bonds. The summed E-state index contributed by atoms with van der Waals surface area (Å²) in [6.07, 6.45) is 0. The van der Waals surface area contributed by atoms with Gasteiger partial charge in [0, 0.05) is 5.41 Å². The predicted octanol–water partition coefficient (Wildman–Crippen LogP) is 13.1. The Balaban J connectivity index is 1.20. The Morgan fingerprint density at radius 2 is 0.915 bits per heavy atom. The lowest BCUT2D eigenvalue weighted by Gasteiger charge is -2.23. The fraction of sp³-hybridized carbons (Fsp3) is 0.0638. The minimum atomic E-state index is -0.145. The van der Waals surface area contributed by atoms with Crippen molar-refractivity contribution in [3.05, 3.63) is 169 Å². The van der Waals surface area contributed by atoms with Gasteiger partial charge in [-0.25, -0.2) is 0 Å². The molecule has 0 fully saturated rings. The molecule has 0 radical (unpaired) electrons. The molecule has 0 atom stereocenters. The standard InChI is InChI=1S/C47H32/c1-47(2)44-27-33(46-36-18-8-5-13-31(36)25-42-35-17-7-4-12-30(35)21-24-40(42)46)22-23-39(44)43-26-32-15-10-20-38(41(32)28-45(43)47)37-19-9-14-29-11-3-6-16-34(29)37/h3-28H,1-2H3. The first-order chi connectivity index (χ1) is 23.1. The van der Waals surface area contributed by atoms with Crippen LogP contribution in [0.1, 0.15) is 25.0 Å². The van der Waals surface area contributed by atoms with Crippen LogP contribution in [0.5, 0.6) is 0 Å². The van der Waals surface area contributed by atoms with Gasteiger partial charge in [-0.2, -0.15) is 0 Å². The Kier molecular flexibility index (Phi) is 5.44. The highest BCUT2D eigenvalue weighted by atomic mass is 14.4. The molecule has 0 unspecified atom stereocenters. The van der Waals surface area contributed by atoms with Gasteiger partial charge in [0.15, 0.2) is 0 Å². The lowest BCUT2D eigenvalue weighted by Crippen LogP contribution is -2.15. The maximum atomic E-state index is 2.49. The summed E-state index contributed by atoms with van der Waals surface area (Å²) in [6.45, 7) is 4.81. The quantitative estimate of drug-likeness (QED) is 0.138. The first kappa shape index (κ1) is 26.5. The molecule has 0 spiro atoms. The zero-order valence-corrected chi connectivity index (χ0v) is 26.5. The SMILES string of the molecule is CC1(C)c2cc(-c3c4ccccc4cc4c3ccc3ccccc34)ccc2-c2cc3cccc(-c4cccc5ccccc45)c3cc21. The highest BCUT2D eigenvalue weighted by molar-refractivity contribution is 6.20. The van der Waals surface area contributed by atoms with Gasteiger partial charge < -0.3 is 0 Å². The molecule has 220 valence electrons. The van der Waals surface area contributed by atoms with Crippen LogP contribution >= 0.6 is 0 Å². The van der Waals surface area contributed by atoms with Crippen LogP contribution in [-0.2, 0) is 5.41 Å². The molecule has 1 aliphatic rings. The number of benzene rings is 9. The van der Waals surface area contributed by atoms with Crippen LogP contribution in [0, 0.1) is 0 Å². The van der Waals surface area contributed by atoms with Crippen molar-refractivity contribution >= 4 is 53.9 Å². The molecule has 9 aromatic carbocycles. The van der Waals surface area contributed by atoms with Gasteiger partial charge in [0.1, 0.15) is 0 Å². The summed E-state index contributed by atoms with van der Waals surface area (Å²) in [5.41, 5.74) is 10.5. The van der Waals surface area contributed by atoms with Crippen LogP contribution in [0.4, 0.5) is 0 Å². The van der Waals surface area contributed by atoms with Gasteiger partial charge in [-0.3, -0.25) is 0 Å². The third-order valence-corrected chi connectivity index (χ3v) is 10.8. The van der Waals surface area contributed by atoms with Crippen molar-refractivity contribution in [1.29, 1.82) is 0 Å². The molecule has 0 saturated heterocycles. The molecule has 0 aliphatic heterocycles. The van der Waals surface area contributed by atoms with Crippen LogP contribution in [0.15, 0.2) is 158 Å². The van der Waals surface area contributed by atoms with E-state index in [1.807, 2.05) is 0 Å². The number of hydrogen-bond acceptors (Lipinski definition) is 0. The van der Waals surface area contributed by atoms with Crippen LogP contribution in [0.2, 0.25) is 0 Å². The molecule has 0 N–H and O–H groups in total. The van der Waals surface area contributed by atoms with Crippen LogP contribution in [-0.4, -0.2) is 0 Å². The zero-order chi connectivity index (χ0) is 31.3. The van der Waals surface area contributed by atoms with Gasteiger partial charge in [-0.05, 0) is 123 Å². The molecule has 1 aliphatic carbocycles. The predicted molar refractivity (Wildman–Crippen MR) is 202 cm³/mol. The molecule has 0 heteroatoms. The smallest absolute Gasteiger partial charge is 0.0159 e. The van der Waals surface area contributed by atoms with Crippen molar-refractivity contribution in [2.45, 2.75) is 19.3 Å². The van der Waals surface area contributed by atoms with E-state index in [0.29, 0.717) is 0 Å². The summed E-state index contributed by atoms with van der Waals surface area (Å²) in [7, 11) is 0. The largest absolute Gasteiger partial charge is 0.0616 e. The number of hydrogen-bond donors (Lipinski definition) is 0. The summed E-state index contributed by atoms with van der Waals surface area (Å²) in [6, 6.07) is 58.9. The molecular formula is C47H32. The second-order valence-corrected chi connectivity index (χ2v) is 13.7. The van der Waals surface area contributed by atoms with Crippen LogP contribution in [0.25, 0.3) is 87.2 Å². The summed E-state index contributed by atoms with van der Waals surface area (Å²) in [5, 5.41) is 13.0. The van der Waals surface area contributed by atoms with Gasteiger partial charge in [0.2, 0.25) is 0 Å². The van der Waals surface area contributed by atoms with Gasteiger partial charge in [0.25, 0.3) is 0 Å². The minimum Gasteiger partial charge on any atom is -0.0616 e. The Morgan fingerprint density at radius 3 is 1.72 bits per heavy atom. The van der Waals surface area contributed by atoms with Crippen molar-refractivity contribution in [1.82, 2.24) is 0 Å². The molecule has 9 aromatic rings. The second-order valence-electron chi connectivity index (χ2n) is 13.7. The van der Waals surface area contributed by atoms with E-state index in [2.05, 4.69) is 172 Å².